The Kier molecular flexibility index (Phi) is 7.71. The molecule has 0 spiro atoms. The zero-order valence-electron chi connectivity index (χ0n) is 20.2. The summed E-state index contributed by atoms with van der Waals surface area (Å²) in [6.45, 7) is 9.84. The second-order valence-electron chi connectivity index (χ2n) is 9.25. The summed E-state index contributed by atoms with van der Waals surface area (Å²) < 4.78 is 53.8. The maximum absolute atomic E-state index is 14.4. The smallest absolute Gasteiger partial charge is 0.306 e. The van der Waals surface area contributed by atoms with Crippen LogP contribution in [-0.2, 0) is 16.1 Å². The van der Waals surface area contributed by atoms with Crippen molar-refractivity contribution >= 4 is 11.9 Å². The second-order valence-corrected chi connectivity index (χ2v) is 9.25. The Balaban J connectivity index is 1.86. The normalized spacial score (nSPS) is 11.8. The molecule has 35 heavy (non-hydrogen) atoms. The summed E-state index contributed by atoms with van der Waals surface area (Å²) in [5.74, 6) is -6.85. The van der Waals surface area contributed by atoms with Gasteiger partial charge in [0.15, 0.2) is 17.4 Å². The Morgan fingerprint density at radius 3 is 2.63 bits per heavy atom. The molecule has 0 amide bonds. The first-order valence-electron chi connectivity index (χ1n) is 11.1. The third-order valence-corrected chi connectivity index (χ3v) is 4.88. The number of aromatic nitrogens is 4. The summed E-state index contributed by atoms with van der Waals surface area (Å²) in [5, 5.41) is 17.7. The van der Waals surface area contributed by atoms with Crippen LogP contribution < -0.4 is 4.90 Å². The van der Waals surface area contributed by atoms with Gasteiger partial charge in [0.2, 0.25) is 5.82 Å². The molecule has 2 heterocycles. The lowest BCUT2D eigenvalue weighted by Gasteiger charge is -2.23. The predicted molar refractivity (Wildman–Crippen MR) is 120 cm³/mol. The summed E-state index contributed by atoms with van der Waals surface area (Å²) in [5.41, 5.74) is -0.371. The van der Waals surface area contributed by atoms with E-state index in [-0.39, 0.29) is 30.9 Å². The van der Waals surface area contributed by atoms with Crippen LogP contribution in [0.25, 0.3) is 11.5 Å². The van der Waals surface area contributed by atoms with Gasteiger partial charge in [-0.15, -0.1) is 0 Å². The maximum atomic E-state index is 14.4. The van der Waals surface area contributed by atoms with Gasteiger partial charge in [0.25, 0.3) is 11.8 Å². The molecule has 0 unspecified atom stereocenters. The van der Waals surface area contributed by atoms with E-state index in [1.807, 2.05) is 19.9 Å². The second kappa shape index (κ2) is 10.4. The number of rotatable bonds is 9. The van der Waals surface area contributed by atoms with Gasteiger partial charge in [-0.2, -0.15) is 14.5 Å². The van der Waals surface area contributed by atoms with E-state index < -0.39 is 40.3 Å². The van der Waals surface area contributed by atoms with Gasteiger partial charge >= 0.3 is 5.97 Å². The highest BCUT2D eigenvalue weighted by Crippen LogP contribution is 2.32. The van der Waals surface area contributed by atoms with Crippen LogP contribution in [0.5, 0.6) is 5.75 Å². The summed E-state index contributed by atoms with van der Waals surface area (Å²) in [6.07, 6.45) is 2.16. The maximum Gasteiger partial charge on any atom is 0.306 e. The molecule has 190 valence electrons. The van der Waals surface area contributed by atoms with Gasteiger partial charge in [-0.25, -0.2) is 8.78 Å². The Morgan fingerprint density at radius 2 is 1.97 bits per heavy atom. The fraction of sp³-hybridized carbons (Fsp3) is 0.478. The minimum atomic E-state index is -1.71. The van der Waals surface area contributed by atoms with E-state index in [0.29, 0.717) is 19.0 Å². The van der Waals surface area contributed by atoms with Crippen LogP contribution in [0.2, 0.25) is 0 Å². The number of benzene rings is 1. The average Bonchev–Trinajstić information content (AvgIpc) is 3.42. The van der Waals surface area contributed by atoms with E-state index in [1.54, 1.807) is 36.5 Å². The topological polar surface area (TPSA) is 107 Å². The first kappa shape index (κ1) is 26.0. The first-order valence-corrected chi connectivity index (χ1v) is 11.1. The number of aromatic hydroxyl groups is 1. The molecule has 0 saturated carbocycles. The standard InChI is InChI=1S/C23H28F3N5O4/c1-13(2)31-14(8-9-27-31)12-30(10-6-7-17(32)34-23(3,4)5)22-28-21(35-29-22)15-11-16(24)19(26)20(33)18(15)25/h8-9,11,13,33H,6-7,10,12H2,1-5H3. The van der Waals surface area contributed by atoms with Crippen molar-refractivity contribution in [3.63, 3.8) is 0 Å². The molecule has 12 heteroatoms. The van der Waals surface area contributed by atoms with Crippen LogP contribution in [0.4, 0.5) is 19.1 Å². The number of anilines is 1. The molecule has 1 N–H and O–H groups in total. The van der Waals surface area contributed by atoms with Crippen molar-refractivity contribution in [3.05, 3.63) is 41.5 Å². The quantitative estimate of drug-likeness (QED) is 0.334. The lowest BCUT2D eigenvalue weighted by Crippen LogP contribution is -2.28. The van der Waals surface area contributed by atoms with Crippen LogP contribution in [0.3, 0.4) is 0 Å². The fourth-order valence-electron chi connectivity index (χ4n) is 3.38. The molecule has 0 atom stereocenters. The van der Waals surface area contributed by atoms with Gasteiger partial charge in [0.1, 0.15) is 5.60 Å². The van der Waals surface area contributed by atoms with E-state index in [1.165, 1.54) is 0 Å². The number of nitrogens with zero attached hydrogens (tertiary/aromatic N) is 5. The number of hydrogen-bond donors (Lipinski definition) is 1. The highest BCUT2D eigenvalue weighted by atomic mass is 19.2. The predicted octanol–water partition coefficient (Wildman–Crippen LogP) is 4.77. The minimum absolute atomic E-state index is 0.0318. The Morgan fingerprint density at radius 1 is 1.26 bits per heavy atom. The number of phenols is 1. The van der Waals surface area contributed by atoms with Gasteiger partial charge in [0, 0.05) is 25.2 Å². The molecule has 0 saturated heterocycles. The first-order chi connectivity index (χ1) is 16.4. The molecule has 1 aromatic carbocycles. The van der Waals surface area contributed by atoms with Gasteiger partial charge in [0.05, 0.1) is 17.8 Å². The largest absolute Gasteiger partial charge is 0.503 e. The molecule has 2 aromatic heterocycles. The number of carbonyl (C=O) groups excluding carboxylic acids is 1. The Labute approximate surface area is 200 Å². The van der Waals surface area contributed by atoms with Crippen LogP contribution >= 0.6 is 0 Å². The molecular formula is C23H28F3N5O4. The SMILES string of the molecule is CC(C)n1nccc1CN(CCCC(=O)OC(C)(C)C)c1noc(-c2cc(F)c(F)c(O)c2F)n1. The third-order valence-electron chi connectivity index (χ3n) is 4.88. The zero-order valence-corrected chi connectivity index (χ0v) is 20.2. The van der Waals surface area contributed by atoms with Gasteiger partial charge in [-0.1, -0.05) is 0 Å². The lowest BCUT2D eigenvalue weighted by molar-refractivity contribution is -0.154. The molecule has 0 fully saturated rings. The van der Waals surface area contributed by atoms with Crippen molar-refractivity contribution < 1.29 is 32.3 Å². The van der Waals surface area contributed by atoms with Crippen molar-refractivity contribution in [1.29, 1.82) is 0 Å². The van der Waals surface area contributed by atoms with Crippen molar-refractivity contribution in [2.75, 3.05) is 11.4 Å². The van der Waals surface area contributed by atoms with Crippen LogP contribution in [0.1, 0.15) is 59.2 Å². The highest BCUT2D eigenvalue weighted by Gasteiger charge is 2.25. The minimum Gasteiger partial charge on any atom is -0.503 e. The molecule has 0 aliphatic heterocycles. The number of carbonyl (C=O) groups is 1. The van der Waals surface area contributed by atoms with Gasteiger partial charge < -0.3 is 19.3 Å². The van der Waals surface area contributed by atoms with E-state index >= 15 is 0 Å². The summed E-state index contributed by atoms with van der Waals surface area (Å²) >= 11 is 0. The van der Waals surface area contributed by atoms with Gasteiger partial charge in [-0.3, -0.25) is 9.48 Å². The highest BCUT2D eigenvalue weighted by molar-refractivity contribution is 5.69. The fourth-order valence-corrected chi connectivity index (χ4v) is 3.38. The molecule has 3 rings (SSSR count). The number of halogens is 3. The Bertz CT molecular complexity index is 1190. The van der Waals surface area contributed by atoms with Crippen molar-refractivity contribution in [2.45, 2.75) is 65.6 Å². The molecule has 0 radical (unpaired) electrons. The van der Waals surface area contributed by atoms with E-state index in [2.05, 4.69) is 15.2 Å². The zero-order chi connectivity index (χ0) is 25.9. The number of hydrogen-bond acceptors (Lipinski definition) is 8. The summed E-state index contributed by atoms with van der Waals surface area (Å²) in [7, 11) is 0. The number of ether oxygens (including phenoxy) is 1. The lowest BCUT2D eigenvalue weighted by atomic mass is 10.2. The molecule has 0 bridgehead atoms. The molecule has 0 aliphatic carbocycles. The van der Waals surface area contributed by atoms with Crippen LogP contribution in [0, 0.1) is 17.5 Å². The van der Waals surface area contributed by atoms with Crippen LogP contribution in [0.15, 0.2) is 22.9 Å². The van der Waals surface area contributed by atoms with E-state index in [9.17, 15) is 23.1 Å². The monoisotopic (exact) mass is 495 g/mol. The van der Waals surface area contributed by atoms with E-state index in [4.69, 9.17) is 9.26 Å². The third kappa shape index (κ3) is 6.31. The number of esters is 1. The average molecular weight is 496 g/mol. The van der Waals surface area contributed by atoms with Gasteiger partial charge in [-0.05, 0) is 58.3 Å². The van der Waals surface area contributed by atoms with Crippen molar-refractivity contribution in [2.24, 2.45) is 0 Å². The van der Waals surface area contributed by atoms with E-state index in [0.717, 1.165) is 5.69 Å². The van der Waals surface area contributed by atoms with Crippen LogP contribution in [-0.4, -0.2) is 43.1 Å². The Hall–Kier alpha value is -3.57. The molecule has 0 aliphatic rings. The summed E-state index contributed by atoms with van der Waals surface area (Å²) in [4.78, 5) is 17.9. The molecular weight excluding hydrogens is 467 g/mol. The molecule has 3 aromatic rings. The summed E-state index contributed by atoms with van der Waals surface area (Å²) in [6, 6.07) is 2.42. The van der Waals surface area contributed by atoms with Crippen molar-refractivity contribution in [1.82, 2.24) is 19.9 Å². The molecule has 9 nitrogen and oxygen atoms in total. The van der Waals surface area contributed by atoms with Crippen molar-refractivity contribution in [3.8, 4) is 17.2 Å². The number of phenolic OH excluding ortho intramolecular Hbond substituents is 1.